The number of nitrogens with zero attached hydrogens (tertiary/aromatic N) is 1. The molecule has 0 saturated carbocycles. The summed E-state index contributed by atoms with van der Waals surface area (Å²) in [5.74, 6) is 0.757. The number of aromatic amines is 1. The lowest BCUT2D eigenvalue weighted by molar-refractivity contribution is 0.943. The first-order valence-corrected chi connectivity index (χ1v) is 3.74. The van der Waals surface area contributed by atoms with E-state index in [9.17, 15) is 0 Å². The average molecular weight is 163 g/mol. The van der Waals surface area contributed by atoms with Gasteiger partial charge in [0.15, 0.2) is 0 Å². The van der Waals surface area contributed by atoms with Gasteiger partial charge in [-0.25, -0.2) is 4.98 Å². The predicted molar refractivity (Wildman–Crippen MR) is 50.5 cm³/mol. The van der Waals surface area contributed by atoms with Crippen molar-refractivity contribution in [2.45, 2.75) is 13.5 Å². The normalized spacial score (nSPS) is 12.0. The molecule has 0 unspecified atom stereocenters. The van der Waals surface area contributed by atoms with Gasteiger partial charge in [-0.2, -0.15) is 0 Å². The van der Waals surface area contributed by atoms with E-state index in [0.29, 0.717) is 6.54 Å². The molecule has 0 aliphatic rings. The van der Waals surface area contributed by atoms with E-state index < -0.39 is 0 Å². The van der Waals surface area contributed by atoms with Crippen LogP contribution in [0.25, 0.3) is 12.7 Å². The molecule has 1 heterocycles. The summed E-state index contributed by atoms with van der Waals surface area (Å²) in [7, 11) is 0. The van der Waals surface area contributed by atoms with Gasteiger partial charge in [-0.15, -0.1) is 0 Å². The number of nitrogens with two attached hydrogens (primary N) is 1. The van der Waals surface area contributed by atoms with E-state index in [4.69, 9.17) is 5.73 Å². The van der Waals surface area contributed by atoms with Crippen molar-refractivity contribution in [3.05, 3.63) is 28.7 Å². The molecule has 1 aromatic heterocycles. The van der Waals surface area contributed by atoms with Gasteiger partial charge in [0, 0.05) is 0 Å². The summed E-state index contributed by atoms with van der Waals surface area (Å²) < 4.78 is 0. The van der Waals surface area contributed by atoms with Crippen molar-refractivity contribution in [3.8, 4) is 0 Å². The molecule has 3 N–H and O–H groups in total. The Morgan fingerprint density at radius 3 is 2.83 bits per heavy atom. The number of allylic oxidation sites excluding steroid dienone is 1. The molecule has 0 aliphatic heterocycles. The van der Waals surface area contributed by atoms with Gasteiger partial charge >= 0.3 is 0 Å². The molecule has 0 spiro atoms. The minimum Gasteiger partial charge on any atom is -0.341 e. The second-order valence-electron chi connectivity index (χ2n) is 2.74. The third-order valence-corrected chi connectivity index (χ3v) is 1.44. The fourth-order valence-electron chi connectivity index (χ4n) is 0.928. The Hall–Kier alpha value is -1.35. The molecule has 0 amide bonds. The number of hydrogen-bond acceptors (Lipinski definition) is 2. The first-order valence-electron chi connectivity index (χ1n) is 3.74. The first kappa shape index (κ1) is 8.74. The number of imidazole rings is 1. The molecule has 0 bridgehead atoms. The fourth-order valence-corrected chi connectivity index (χ4v) is 0.928. The fraction of sp³-hybridized carbons (Fsp3) is 0.222. The van der Waals surface area contributed by atoms with Crippen molar-refractivity contribution in [2.75, 3.05) is 0 Å². The van der Waals surface area contributed by atoms with Crippen LogP contribution in [0.4, 0.5) is 0 Å². The van der Waals surface area contributed by atoms with Crippen LogP contribution in [0.3, 0.4) is 0 Å². The molecule has 64 valence electrons. The Morgan fingerprint density at radius 1 is 1.75 bits per heavy atom. The monoisotopic (exact) mass is 163 g/mol. The van der Waals surface area contributed by atoms with E-state index >= 15 is 0 Å². The van der Waals surface area contributed by atoms with Crippen molar-refractivity contribution in [2.24, 2.45) is 5.73 Å². The molecule has 12 heavy (non-hydrogen) atoms. The zero-order valence-electron chi connectivity index (χ0n) is 7.22. The SMILES string of the molecule is C=C(C)/C=c1/nc(CN)[nH]c1=C. The summed E-state index contributed by atoms with van der Waals surface area (Å²) in [4.78, 5) is 7.19. The van der Waals surface area contributed by atoms with Crippen LogP contribution in [0.1, 0.15) is 12.7 Å². The Bertz CT molecular complexity index is 386. The average Bonchev–Trinajstić information content (AvgIpc) is 2.31. The molecule has 3 nitrogen and oxygen atoms in total. The largest absolute Gasteiger partial charge is 0.341 e. The number of aromatic nitrogens is 2. The van der Waals surface area contributed by atoms with Crippen molar-refractivity contribution in [1.29, 1.82) is 0 Å². The number of H-pyrrole nitrogens is 1. The Labute approximate surface area is 71.3 Å². The zero-order chi connectivity index (χ0) is 9.14. The second-order valence-corrected chi connectivity index (χ2v) is 2.74. The number of nitrogens with one attached hydrogen (secondary N) is 1. The zero-order valence-corrected chi connectivity index (χ0v) is 7.22. The van der Waals surface area contributed by atoms with Gasteiger partial charge < -0.3 is 10.7 Å². The summed E-state index contributed by atoms with van der Waals surface area (Å²) in [5.41, 5.74) is 6.36. The lowest BCUT2D eigenvalue weighted by atomic mass is 10.3. The van der Waals surface area contributed by atoms with Crippen LogP contribution in [-0.4, -0.2) is 9.97 Å². The Morgan fingerprint density at radius 2 is 2.42 bits per heavy atom. The minimum absolute atomic E-state index is 0.409. The molecule has 0 radical (unpaired) electrons. The summed E-state index contributed by atoms with van der Waals surface area (Å²) in [5, 5.41) is 1.61. The molecule has 1 aromatic rings. The van der Waals surface area contributed by atoms with E-state index in [0.717, 1.165) is 22.1 Å². The first-order chi connectivity index (χ1) is 5.63. The lowest BCUT2D eigenvalue weighted by Crippen LogP contribution is -2.22. The maximum absolute atomic E-state index is 5.41. The van der Waals surface area contributed by atoms with Crippen molar-refractivity contribution in [1.82, 2.24) is 9.97 Å². The molecule has 0 aliphatic carbocycles. The highest BCUT2D eigenvalue weighted by Gasteiger charge is 1.93. The molecule has 0 aromatic carbocycles. The Kier molecular flexibility index (Phi) is 2.45. The number of hydrogen-bond donors (Lipinski definition) is 2. The van der Waals surface area contributed by atoms with Gasteiger partial charge in [-0.1, -0.05) is 18.7 Å². The maximum atomic E-state index is 5.41. The van der Waals surface area contributed by atoms with E-state index in [2.05, 4.69) is 23.1 Å². The van der Waals surface area contributed by atoms with Crippen LogP contribution in [0, 0.1) is 0 Å². The molecule has 1 rings (SSSR count). The third kappa shape index (κ3) is 1.83. The number of rotatable bonds is 2. The van der Waals surface area contributed by atoms with Crippen LogP contribution in [0.5, 0.6) is 0 Å². The van der Waals surface area contributed by atoms with Gasteiger partial charge in [0.05, 0.1) is 17.2 Å². The van der Waals surface area contributed by atoms with Crippen molar-refractivity contribution < 1.29 is 0 Å². The predicted octanol–water partition coefficient (Wildman–Crippen LogP) is -0.365. The highest BCUT2D eigenvalue weighted by molar-refractivity contribution is 5.41. The summed E-state index contributed by atoms with van der Waals surface area (Å²) in [6.07, 6.45) is 1.87. The molecule has 0 saturated heterocycles. The topological polar surface area (TPSA) is 54.7 Å². The maximum Gasteiger partial charge on any atom is 0.121 e. The van der Waals surface area contributed by atoms with E-state index in [-0.39, 0.29) is 0 Å². The smallest absolute Gasteiger partial charge is 0.121 e. The van der Waals surface area contributed by atoms with Crippen LogP contribution in [0.2, 0.25) is 0 Å². The van der Waals surface area contributed by atoms with Crippen LogP contribution in [0.15, 0.2) is 12.2 Å². The quantitative estimate of drug-likeness (QED) is 0.625. The van der Waals surface area contributed by atoms with Gasteiger partial charge in [0.2, 0.25) is 0 Å². The molecular weight excluding hydrogens is 150 g/mol. The van der Waals surface area contributed by atoms with Gasteiger partial charge in [-0.3, -0.25) is 0 Å². The summed E-state index contributed by atoms with van der Waals surface area (Å²) >= 11 is 0. The lowest BCUT2D eigenvalue weighted by Gasteiger charge is -1.82. The summed E-state index contributed by atoms with van der Waals surface area (Å²) in [6.45, 7) is 9.88. The van der Waals surface area contributed by atoms with Gasteiger partial charge in [-0.05, 0) is 13.0 Å². The Balaban J connectivity index is 3.26. The molecule has 0 fully saturated rings. The highest BCUT2D eigenvalue weighted by Crippen LogP contribution is 1.85. The molecule has 3 heteroatoms. The summed E-state index contributed by atoms with van der Waals surface area (Å²) in [6, 6.07) is 0. The van der Waals surface area contributed by atoms with Crippen LogP contribution < -0.4 is 16.4 Å². The minimum atomic E-state index is 0.409. The van der Waals surface area contributed by atoms with Crippen LogP contribution >= 0.6 is 0 Å². The van der Waals surface area contributed by atoms with E-state index in [1.165, 1.54) is 0 Å². The second kappa shape index (κ2) is 3.36. The van der Waals surface area contributed by atoms with E-state index in [1.54, 1.807) is 0 Å². The van der Waals surface area contributed by atoms with E-state index in [1.807, 2.05) is 13.0 Å². The highest BCUT2D eigenvalue weighted by atomic mass is 14.9. The third-order valence-electron chi connectivity index (χ3n) is 1.44. The molecule has 0 atom stereocenters. The molecular formula is C9H13N3. The van der Waals surface area contributed by atoms with Crippen molar-refractivity contribution >= 4 is 12.7 Å². The standard InChI is InChI=1S/C9H13N3/c1-6(2)4-8-7(3)11-9(5-10)12-8/h4H,1,3,5,10H2,2H3,(H,11,12)/b8-4+. The van der Waals surface area contributed by atoms with Crippen LogP contribution in [-0.2, 0) is 6.54 Å². The van der Waals surface area contributed by atoms with Gasteiger partial charge in [0.1, 0.15) is 5.82 Å². The van der Waals surface area contributed by atoms with Crippen molar-refractivity contribution in [3.63, 3.8) is 0 Å². The van der Waals surface area contributed by atoms with Gasteiger partial charge in [0.25, 0.3) is 0 Å².